The largest absolute Gasteiger partial charge is 0.506 e. The van der Waals surface area contributed by atoms with Crippen molar-refractivity contribution in [3.05, 3.63) is 90.8 Å². The van der Waals surface area contributed by atoms with Crippen molar-refractivity contribution in [2.45, 2.75) is 18.9 Å². The number of anilines is 1. The van der Waals surface area contributed by atoms with Crippen LogP contribution in [0.5, 0.6) is 17.2 Å². The Kier molecular flexibility index (Phi) is 5.82. The summed E-state index contributed by atoms with van der Waals surface area (Å²) in [7, 11) is 0. The van der Waals surface area contributed by atoms with Gasteiger partial charge >= 0.3 is 0 Å². The van der Waals surface area contributed by atoms with Gasteiger partial charge in [-0.05, 0) is 60.7 Å². The smallest absolute Gasteiger partial charge is 0.258 e. The molecule has 170 valence electrons. The lowest BCUT2D eigenvalue weighted by molar-refractivity contribution is -0.119. The number of amides is 2. The molecule has 2 N–H and O–H groups in total. The molecule has 1 unspecified atom stereocenters. The van der Waals surface area contributed by atoms with E-state index in [0.717, 1.165) is 11.8 Å². The lowest BCUT2D eigenvalue weighted by Gasteiger charge is -2.24. The second-order valence-electron chi connectivity index (χ2n) is 8.14. The summed E-state index contributed by atoms with van der Waals surface area (Å²) in [5, 5.41) is 15.1. The second kappa shape index (κ2) is 9.23. The molecule has 1 saturated heterocycles. The van der Waals surface area contributed by atoms with E-state index >= 15 is 0 Å². The maximum Gasteiger partial charge on any atom is 0.258 e. The number of rotatable bonds is 5. The quantitative estimate of drug-likeness (QED) is 0.445. The number of phenolic OH excluding ortho intramolecular Hbond substituents is 1. The summed E-state index contributed by atoms with van der Waals surface area (Å²) >= 11 is 0. The predicted octanol–water partition coefficient (Wildman–Crippen LogP) is 4.98. The first-order chi connectivity index (χ1) is 16.6. The topological polar surface area (TPSA) is 91.8 Å². The van der Waals surface area contributed by atoms with E-state index in [4.69, 9.17) is 4.74 Å². The molecule has 4 aromatic rings. The molecule has 5 rings (SSSR count). The van der Waals surface area contributed by atoms with E-state index in [1.807, 2.05) is 24.3 Å². The van der Waals surface area contributed by atoms with E-state index in [0.29, 0.717) is 35.5 Å². The average Bonchev–Trinajstić information content (AvgIpc) is 3.36. The Hall–Kier alpha value is -4.39. The molecule has 34 heavy (non-hydrogen) atoms. The van der Waals surface area contributed by atoms with Gasteiger partial charge in [0.2, 0.25) is 5.91 Å². The van der Waals surface area contributed by atoms with E-state index in [9.17, 15) is 14.7 Å². The van der Waals surface area contributed by atoms with Crippen LogP contribution in [0.25, 0.3) is 10.8 Å². The van der Waals surface area contributed by atoms with Crippen molar-refractivity contribution in [1.29, 1.82) is 0 Å². The third kappa shape index (κ3) is 4.28. The minimum atomic E-state index is -0.605. The maximum atomic E-state index is 13.3. The molecule has 0 aliphatic carbocycles. The standard InChI is InChI=1S/C27H23N3O4/c31-25-22-5-2-1-4-18(22)7-12-23(25)27(33)30-17-3-6-24(30)26(32)29-19-8-10-20(11-9-19)34-21-13-15-28-16-14-21/h1-2,4-5,7-16,24,31H,3,6,17H2,(H,29,32). The number of likely N-dealkylation sites (tertiary alicyclic amines) is 1. The van der Waals surface area contributed by atoms with E-state index in [-0.39, 0.29) is 23.1 Å². The van der Waals surface area contributed by atoms with Crippen LogP contribution < -0.4 is 10.1 Å². The van der Waals surface area contributed by atoms with Crippen LogP contribution >= 0.6 is 0 Å². The Morgan fingerprint density at radius 1 is 0.941 bits per heavy atom. The van der Waals surface area contributed by atoms with E-state index in [2.05, 4.69) is 10.3 Å². The van der Waals surface area contributed by atoms with Crippen LogP contribution in [0, 0.1) is 0 Å². The minimum absolute atomic E-state index is 0.0565. The van der Waals surface area contributed by atoms with Crippen LogP contribution in [0.4, 0.5) is 5.69 Å². The fraction of sp³-hybridized carbons (Fsp3) is 0.148. The fourth-order valence-corrected chi connectivity index (χ4v) is 4.24. The number of phenols is 1. The zero-order chi connectivity index (χ0) is 23.5. The molecular weight excluding hydrogens is 430 g/mol. The third-order valence-electron chi connectivity index (χ3n) is 5.95. The first-order valence-electron chi connectivity index (χ1n) is 11.1. The van der Waals surface area contributed by atoms with Crippen LogP contribution in [0.3, 0.4) is 0 Å². The molecule has 3 aromatic carbocycles. The van der Waals surface area contributed by atoms with Gasteiger partial charge in [-0.3, -0.25) is 14.6 Å². The number of carbonyl (C=O) groups is 2. The minimum Gasteiger partial charge on any atom is -0.506 e. The lowest BCUT2D eigenvalue weighted by Crippen LogP contribution is -2.43. The summed E-state index contributed by atoms with van der Waals surface area (Å²) in [5.41, 5.74) is 0.816. The number of fused-ring (bicyclic) bond motifs is 1. The molecule has 1 atom stereocenters. The number of pyridine rings is 1. The fourth-order valence-electron chi connectivity index (χ4n) is 4.24. The molecule has 7 heteroatoms. The van der Waals surface area contributed by atoms with Crippen LogP contribution in [-0.2, 0) is 4.79 Å². The third-order valence-corrected chi connectivity index (χ3v) is 5.95. The number of hydrogen-bond donors (Lipinski definition) is 2. The van der Waals surface area contributed by atoms with Gasteiger partial charge in [-0.15, -0.1) is 0 Å². The van der Waals surface area contributed by atoms with E-state index in [1.165, 1.54) is 0 Å². The van der Waals surface area contributed by atoms with Gasteiger partial charge in [0.15, 0.2) is 0 Å². The van der Waals surface area contributed by atoms with Crippen molar-refractivity contribution in [2.75, 3.05) is 11.9 Å². The van der Waals surface area contributed by atoms with Crippen LogP contribution in [-0.4, -0.2) is 39.4 Å². The molecule has 2 heterocycles. The van der Waals surface area contributed by atoms with Gasteiger partial charge < -0.3 is 20.1 Å². The first-order valence-corrected chi connectivity index (χ1v) is 11.1. The van der Waals surface area contributed by atoms with E-state index < -0.39 is 6.04 Å². The summed E-state index contributed by atoms with van der Waals surface area (Å²) in [4.78, 5) is 31.8. The van der Waals surface area contributed by atoms with Crippen LogP contribution in [0.1, 0.15) is 23.2 Å². The highest BCUT2D eigenvalue weighted by molar-refractivity contribution is 6.06. The van der Waals surface area contributed by atoms with Crippen molar-refractivity contribution in [2.24, 2.45) is 0 Å². The van der Waals surface area contributed by atoms with Crippen molar-refractivity contribution in [3.63, 3.8) is 0 Å². The van der Waals surface area contributed by atoms with Gasteiger partial charge in [-0.25, -0.2) is 0 Å². The van der Waals surface area contributed by atoms with Gasteiger partial charge in [0, 0.05) is 30.0 Å². The summed E-state index contributed by atoms with van der Waals surface area (Å²) in [6.07, 6.45) is 4.58. The highest BCUT2D eigenvalue weighted by Crippen LogP contribution is 2.31. The van der Waals surface area contributed by atoms with Gasteiger partial charge in [-0.1, -0.05) is 30.3 Å². The molecule has 0 radical (unpaired) electrons. The second-order valence-corrected chi connectivity index (χ2v) is 8.14. The summed E-state index contributed by atoms with van der Waals surface area (Å²) in [6, 6.07) is 20.7. The molecule has 2 amide bonds. The van der Waals surface area contributed by atoms with Gasteiger partial charge in [-0.2, -0.15) is 0 Å². The molecule has 1 aliphatic heterocycles. The van der Waals surface area contributed by atoms with Gasteiger partial charge in [0.1, 0.15) is 23.3 Å². The van der Waals surface area contributed by atoms with Crippen molar-refractivity contribution in [1.82, 2.24) is 9.88 Å². The van der Waals surface area contributed by atoms with Crippen molar-refractivity contribution >= 4 is 28.3 Å². The number of aromatic nitrogens is 1. The average molecular weight is 453 g/mol. The van der Waals surface area contributed by atoms with Gasteiger partial charge in [0.25, 0.3) is 5.91 Å². The number of aromatic hydroxyl groups is 1. The zero-order valence-corrected chi connectivity index (χ0v) is 18.3. The predicted molar refractivity (Wildman–Crippen MR) is 129 cm³/mol. The number of nitrogens with one attached hydrogen (secondary N) is 1. The maximum absolute atomic E-state index is 13.3. The molecule has 0 spiro atoms. The normalized spacial score (nSPS) is 15.3. The molecule has 0 saturated carbocycles. The Bertz CT molecular complexity index is 1340. The number of ether oxygens (including phenoxy) is 1. The Labute approximate surface area is 196 Å². The highest BCUT2D eigenvalue weighted by Gasteiger charge is 2.35. The summed E-state index contributed by atoms with van der Waals surface area (Å²) in [6.45, 7) is 0.460. The molecule has 1 fully saturated rings. The molecular formula is C27H23N3O4. The molecule has 0 bridgehead atoms. The van der Waals surface area contributed by atoms with Crippen LogP contribution in [0.2, 0.25) is 0 Å². The zero-order valence-electron chi connectivity index (χ0n) is 18.3. The Morgan fingerprint density at radius 3 is 2.47 bits per heavy atom. The Morgan fingerprint density at radius 2 is 1.68 bits per heavy atom. The van der Waals surface area contributed by atoms with Crippen molar-refractivity contribution in [3.8, 4) is 17.2 Å². The first kappa shape index (κ1) is 21.5. The molecule has 7 nitrogen and oxygen atoms in total. The number of carbonyl (C=O) groups excluding carboxylic acids is 2. The van der Waals surface area contributed by atoms with Crippen LogP contribution in [0.15, 0.2) is 85.2 Å². The molecule has 1 aromatic heterocycles. The molecule has 1 aliphatic rings. The van der Waals surface area contributed by atoms with Gasteiger partial charge in [0.05, 0.1) is 5.56 Å². The monoisotopic (exact) mass is 453 g/mol. The number of hydrogen-bond acceptors (Lipinski definition) is 5. The highest BCUT2D eigenvalue weighted by atomic mass is 16.5. The van der Waals surface area contributed by atoms with E-state index in [1.54, 1.807) is 65.8 Å². The lowest BCUT2D eigenvalue weighted by atomic mass is 10.0. The SMILES string of the molecule is O=C(Nc1ccc(Oc2ccncc2)cc1)C1CCCN1C(=O)c1ccc2ccccc2c1O. The summed E-state index contributed by atoms with van der Waals surface area (Å²) in [5.74, 6) is 0.646. The Balaban J connectivity index is 1.29. The van der Waals surface area contributed by atoms with Crippen molar-refractivity contribution < 1.29 is 19.4 Å². The number of nitrogens with zero attached hydrogens (tertiary/aromatic N) is 2. The number of benzene rings is 3. The summed E-state index contributed by atoms with van der Waals surface area (Å²) < 4.78 is 5.75.